The summed E-state index contributed by atoms with van der Waals surface area (Å²) in [4.78, 5) is 11.7. The average molecular weight is 396 g/mol. The van der Waals surface area contributed by atoms with Crippen molar-refractivity contribution in [3.05, 3.63) is 64.1 Å². The summed E-state index contributed by atoms with van der Waals surface area (Å²) in [5.74, 6) is -2.48. The van der Waals surface area contributed by atoms with Crippen molar-refractivity contribution in [2.45, 2.75) is 16.1 Å². The fourth-order valence-corrected chi connectivity index (χ4v) is 5.70. The Morgan fingerprint density at radius 3 is 2.28 bits per heavy atom. The van der Waals surface area contributed by atoms with Crippen LogP contribution in [-0.4, -0.2) is 24.7 Å². The molecular formula is C17H11Cl2NO4S. The van der Waals surface area contributed by atoms with Gasteiger partial charge in [0.2, 0.25) is 0 Å². The number of carboxylic acids is 1. The lowest BCUT2D eigenvalue weighted by Gasteiger charge is -2.05. The van der Waals surface area contributed by atoms with E-state index in [0.29, 0.717) is 15.6 Å². The number of halogens is 2. The highest BCUT2D eigenvalue weighted by Gasteiger charge is 2.77. The van der Waals surface area contributed by atoms with Crippen molar-refractivity contribution in [3.8, 4) is 6.07 Å². The van der Waals surface area contributed by atoms with Crippen molar-refractivity contribution in [2.75, 3.05) is 0 Å². The molecule has 0 unspecified atom stereocenters. The molecule has 1 aliphatic rings. The SMILES string of the molecule is N#C[C@@]1(C(=O)O)[C@H](c2cccc(Cl)c2)[C@@H]1S(=O)(=O)c1ccc(Cl)cc1. The first-order chi connectivity index (χ1) is 11.7. The topological polar surface area (TPSA) is 95.2 Å². The predicted molar refractivity (Wildman–Crippen MR) is 92.3 cm³/mol. The first kappa shape index (κ1) is 17.7. The van der Waals surface area contributed by atoms with E-state index in [9.17, 15) is 23.6 Å². The van der Waals surface area contributed by atoms with Gasteiger partial charge in [0.05, 0.1) is 11.0 Å². The Morgan fingerprint density at radius 1 is 1.12 bits per heavy atom. The molecule has 1 fully saturated rings. The lowest BCUT2D eigenvalue weighted by molar-refractivity contribution is -0.141. The Bertz CT molecular complexity index is 998. The van der Waals surface area contributed by atoms with Crippen LogP contribution < -0.4 is 0 Å². The van der Waals surface area contributed by atoms with Gasteiger partial charge in [-0.3, -0.25) is 4.79 Å². The minimum Gasteiger partial charge on any atom is -0.480 e. The summed E-state index contributed by atoms with van der Waals surface area (Å²) in [6.45, 7) is 0. The zero-order chi connectivity index (χ0) is 18.4. The molecule has 0 amide bonds. The molecule has 5 nitrogen and oxygen atoms in total. The van der Waals surface area contributed by atoms with Gasteiger partial charge >= 0.3 is 5.97 Å². The molecule has 0 radical (unpaired) electrons. The molecule has 1 saturated carbocycles. The number of benzene rings is 2. The van der Waals surface area contributed by atoms with Gasteiger partial charge in [-0.05, 0) is 42.0 Å². The zero-order valence-corrected chi connectivity index (χ0v) is 14.9. The number of hydrogen-bond acceptors (Lipinski definition) is 4. The first-order valence-corrected chi connectivity index (χ1v) is 9.45. The summed E-state index contributed by atoms with van der Waals surface area (Å²) in [7, 11) is -4.06. The van der Waals surface area contributed by atoms with Crippen molar-refractivity contribution in [1.82, 2.24) is 0 Å². The molecule has 2 aromatic carbocycles. The number of carboxylic acid groups (broad SMARTS) is 1. The van der Waals surface area contributed by atoms with Crippen molar-refractivity contribution >= 4 is 39.0 Å². The quantitative estimate of drug-likeness (QED) is 0.853. The van der Waals surface area contributed by atoms with E-state index >= 15 is 0 Å². The molecule has 3 atom stereocenters. The number of carbonyl (C=O) groups is 1. The third-order valence-electron chi connectivity index (χ3n) is 4.36. The van der Waals surface area contributed by atoms with E-state index in [-0.39, 0.29) is 4.90 Å². The molecule has 0 aromatic heterocycles. The molecule has 128 valence electrons. The Hall–Kier alpha value is -2.07. The van der Waals surface area contributed by atoms with Gasteiger partial charge in [0, 0.05) is 16.0 Å². The highest BCUT2D eigenvalue weighted by atomic mass is 35.5. The van der Waals surface area contributed by atoms with Gasteiger partial charge in [-0.2, -0.15) is 5.26 Å². The molecule has 0 spiro atoms. The van der Waals surface area contributed by atoms with Crippen LogP contribution in [0.3, 0.4) is 0 Å². The van der Waals surface area contributed by atoms with Crippen LogP contribution in [0, 0.1) is 16.7 Å². The maximum absolute atomic E-state index is 13.0. The third kappa shape index (κ3) is 2.69. The molecule has 0 saturated heterocycles. The number of nitrogens with zero attached hydrogens (tertiary/aromatic N) is 1. The Labute approximate surface area is 154 Å². The van der Waals surface area contributed by atoms with Crippen LogP contribution in [0.5, 0.6) is 0 Å². The lowest BCUT2D eigenvalue weighted by atomic mass is 10.0. The normalized spacial score (nSPS) is 25.2. The minimum atomic E-state index is -4.06. The summed E-state index contributed by atoms with van der Waals surface area (Å²) in [5, 5.41) is 18.4. The molecule has 25 heavy (non-hydrogen) atoms. The minimum absolute atomic E-state index is 0.0766. The van der Waals surface area contributed by atoms with E-state index in [1.807, 2.05) is 0 Å². The molecule has 1 N–H and O–H groups in total. The van der Waals surface area contributed by atoms with E-state index in [4.69, 9.17) is 23.2 Å². The van der Waals surface area contributed by atoms with Gasteiger partial charge in [-0.25, -0.2) is 8.42 Å². The fraction of sp³-hybridized carbons (Fsp3) is 0.176. The van der Waals surface area contributed by atoms with Gasteiger partial charge in [-0.15, -0.1) is 0 Å². The maximum Gasteiger partial charge on any atom is 0.326 e. The first-order valence-electron chi connectivity index (χ1n) is 7.14. The number of aliphatic carboxylic acids is 1. The Balaban J connectivity index is 2.14. The highest BCUT2D eigenvalue weighted by Crippen LogP contribution is 2.64. The van der Waals surface area contributed by atoms with Crippen molar-refractivity contribution in [3.63, 3.8) is 0 Å². The van der Waals surface area contributed by atoms with Crippen LogP contribution in [0.2, 0.25) is 10.0 Å². The maximum atomic E-state index is 13.0. The smallest absolute Gasteiger partial charge is 0.326 e. The summed E-state index contributed by atoms with van der Waals surface area (Å²) in [6, 6.07) is 13.4. The summed E-state index contributed by atoms with van der Waals surface area (Å²) in [6.07, 6.45) is 0. The van der Waals surface area contributed by atoms with E-state index in [1.54, 1.807) is 24.3 Å². The Morgan fingerprint density at radius 2 is 1.76 bits per heavy atom. The van der Waals surface area contributed by atoms with Crippen LogP contribution in [0.1, 0.15) is 11.5 Å². The second-order valence-corrected chi connectivity index (χ2v) is 8.68. The van der Waals surface area contributed by atoms with Crippen molar-refractivity contribution in [1.29, 1.82) is 5.26 Å². The number of hydrogen-bond donors (Lipinski definition) is 1. The van der Waals surface area contributed by atoms with Gasteiger partial charge in [-0.1, -0.05) is 35.3 Å². The van der Waals surface area contributed by atoms with Crippen molar-refractivity contribution < 1.29 is 18.3 Å². The molecule has 2 aromatic rings. The zero-order valence-electron chi connectivity index (χ0n) is 12.6. The van der Waals surface area contributed by atoms with Gasteiger partial charge in [0.25, 0.3) is 0 Å². The second kappa shape index (κ2) is 6.03. The highest BCUT2D eigenvalue weighted by molar-refractivity contribution is 7.92. The third-order valence-corrected chi connectivity index (χ3v) is 7.08. The average Bonchev–Trinajstić information content (AvgIpc) is 3.27. The van der Waals surface area contributed by atoms with E-state index in [1.165, 1.54) is 30.3 Å². The van der Waals surface area contributed by atoms with E-state index in [2.05, 4.69) is 0 Å². The second-order valence-electron chi connectivity index (χ2n) is 5.74. The van der Waals surface area contributed by atoms with Crippen LogP contribution in [-0.2, 0) is 14.6 Å². The summed E-state index contributed by atoms with van der Waals surface area (Å²) in [5.41, 5.74) is -1.65. The number of sulfone groups is 1. The molecule has 1 aliphatic carbocycles. The molecular weight excluding hydrogens is 385 g/mol. The summed E-state index contributed by atoms with van der Waals surface area (Å²) < 4.78 is 25.9. The van der Waals surface area contributed by atoms with E-state index < -0.39 is 32.4 Å². The molecule has 0 heterocycles. The molecule has 3 rings (SSSR count). The summed E-state index contributed by atoms with van der Waals surface area (Å²) >= 11 is 11.7. The standard InChI is InChI=1S/C17H11Cl2NO4S/c18-11-4-6-13(7-5-11)25(23,24)15-14(17(15,9-20)16(21)22)10-2-1-3-12(19)8-10/h1-8,14-15H,(H,21,22)/t14-,15+,17-/m1/s1. The Kier molecular flexibility index (Phi) is 4.28. The van der Waals surface area contributed by atoms with E-state index in [0.717, 1.165) is 0 Å². The van der Waals surface area contributed by atoms with Crippen molar-refractivity contribution in [2.24, 2.45) is 5.41 Å². The van der Waals surface area contributed by atoms with Gasteiger partial charge in [0.1, 0.15) is 5.25 Å². The molecule has 8 heteroatoms. The number of nitriles is 1. The van der Waals surface area contributed by atoms with Crippen LogP contribution >= 0.6 is 23.2 Å². The van der Waals surface area contributed by atoms with Crippen LogP contribution in [0.25, 0.3) is 0 Å². The monoisotopic (exact) mass is 395 g/mol. The van der Waals surface area contributed by atoms with Crippen LogP contribution in [0.15, 0.2) is 53.4 Å². The predicted octanol–water partition coefficient (Wildman–Crippen LogP) is 3.53. The molecule has 0 aliphatic heterocycles. The fourth-order valence-electron chi connectivity index (χ4n) is 3.12. The number of rotatable bonds is 4. The van der Waals surface area contributed by atoms with Gasteiger partial charge in [0.15, 0.2) is 15.3 Å². The molecule has 0 bridgehead atoms. The largest absolute Gasteiger partial charge is 0.480 e. The van der Waals surface area contributed by atoms with Gasteiger partial charge < -0.3 is 5.11 Å². The van der Waals surface area contributed by atoms with Crippen LogP contribution in [0.4, 0.5) is 0 Å². The lowest BCUT2D eigenvalue weighted by Crippen LogP contribution is -2.22.